The molecule has 1 saturated carbocycles. The van der Waals surface area contributed by atoms with Gasteiger partial charge >= 0.3 is 0 Å². The Hall–Kier alpha value is -0.830. The Labute approximate surface area is 91.1 Å². The largest absolute Gasteiger partial charge is 0.390 e. The van der Waals surface area contributed by atoms with E-state index in [0.29, 0.717) is 11.5 Å². The van der Waals surface area contributed by atoms with Crippen molar-refractivity contribution in [3.05, 3.63) is 18.2 Å². The second kappa shape index (κ2) is 3.97. The summed E-state index contributed by atoms with van der Waals surface area (Å²) < 4.78 is 2.15. The lowest BCUT2D eigenvalue weighted by Crippen LogP contribution is -2.24. The number of hydrogen-bond donors (Lipinski definition) is 1. The Morgan fingerprint density at radius 1 is 1.47 bits per heavy atom. The topological polar surface area (TPSA) is 38.0 Å². The Bertz CT molecular complexity index is 320. The monoisotopic (exact) mass is 208 g/mol. The molecule has 84 valence electrons. The summed E-state index contributed by atoms with van der Waals surface area (Å²) in [7, 11) is 0. The highest BCUT2D eigenvalue weighted by Crippen LogP contribution is 2.40. The van der Waals surface area contributed by atoms with Crippen molar-refractivity contribution >= 4 is 0 Å². The minimum Gasteiger partial charge on any atom is -0.390 e. The SMILES string of the molecule is CC1(C)CCC(n2cncc2CO)CC1. The smallest absolute Gasteiger partial charge is 0.0951 e. The molecule has 1 aliphatic rings. The van der Waals surface area contributed by atoms with Gasteiger partial charge < -0.3 is 9.67 Å². The molecule has 1 aliphatic carbocycles. The molecule has 2 rings (SSSR count). The van der Waals surface area contributed by atoms with Crippen LogP contribution in [0, 0.1) is 5.41 Å². The molecule has 0 atom stereocenters. The maximum absolute atomic E-state index is 9.18. The number of rotatable bonds is 2. The van der Waals surface area contributed by atoms with Crippen molar-refractivity contribution in [2.24, 2.45) is 5.41 Å². The second-order valence-electron chi connectivity index (χ2n) is 5.35. The van der Waals surface area contributed by atoms with Crippen LogP contribution in [-0.4, -0.2) is 14.7 Å². The van der Waals surface area contributed by atoms with E-state index < -0.39 is 0 Å². The summed E-state index contributed by atoms with van der Waals surface area (Å²) >= 11 is 0. The van der Waals surface area contributed by atoms with Crippen molar-refractivity contribution in [3.63, 3.8) is 0 Å². The van der Waals surface area contributed by atoms with Crippen LogP contribution in [0.4, 0.5) is 0 Å². The first kappa shape index (κ1) is 10.7. The van der Waals surface area contributed by atoms with Gasteiger partial charge in [0.25, 0.3) is 0 Å². The lowest BCUT2D eigenvalue weighted by molar-refractivity contribution is 0.185. The molecule has 1 aromatic heterocycles. The minimum atomic E-state index is 0.0971. The highest BCUT2D eigenvalue weighted by molar-refractivity contribution is 4.99. The highest BCUT2D eigenvalue weighted by atomic mass is 16.3. The van der Waals surface area contributed by atoms with Crippen molar-refractivity contribution in [2.75, 3.05) is 0 Å². The molecule has 3 nitrogen and oxygen atoms in total. The van der Waals surface area contributed by atoms with Crippen LogP contribution in [0.25, 0.3) is 0 Å². The summed E-state index contributed by atoms with van der Waals surface area (Å²) in [6.45, 7) is 4.77. The maximum atomic E-state index is 9.18. The molecule has 0 aliphatic heterocycles. The molecule has 0 spiro atoms. The van der Waals surface area contributed by atoms with Gasteiger partial charge in [0, 0.05) is 6.04 Å². The summed E-state index contributed by atoms with van der Waals surface area (Å²) in [5.74, 6) is 0. The minimum absolute atomic E-state index is 0.0971. The first-order valence-electron chi connectivity index (χ1n) is 5.74. The quantitative estimate of drug-likeness (QED) is 0.811. The van der Waals surface area contributed by atoms with Crippen LogP contribution in [0.1, 0.15) is 51.3 Å². The number of aromatic nitrogens is 2. The van der Waals surface area contributed by atoms with Crippen LogP contribution in [0.15, 0.2) is 12.5 Å². The van der Waals surface area contributed by atoms with E-state index in [1.807, 2.05) is 6.33 Å². The lowest BCUT2D eigenvalue weighted by Gasteiger charge is -2.35. The van der Waals surface area contributed by atoms with E-state index in [1.54, 1.807) is 6.20 Å². The summed E-state index contributed by atoms with van der Waals surface area (Å²) in [6.07, 6.45) is 8.56. The molecule has 0 bridgehead atoms. The van der Waals surface area contributed by atoms with E-state index in [2.05, 4.69) is 23.4 Å². The van der Waals surface area contributed by atoms with Crippen molar-refractivity contribution in [1.82, 2.24) is 9.55 Å². The molecule has 0 radical (unpaired) electrons. The van der Waals surface area contributed by atoms with E-state index in [4.69, 9.17) is 0 Å². The highest BCUT2D eigenvalue weighted by Gasteiger charge is 2.28. The maximum Gasteiger partial charge on any atom is 0.0951 e. The van der Waals surface area contributed by atoms with Gasteiger partial charge in [-0.1, -0.05) is 13.8 Å². The number of hydrogen-bond acceptors (Lipinski definition) is 2. The van der Waals surface area contributed by atoms with Crippen molar-refractivity contribution < 1.29 is 5.11 Å². The van der Waals surface area contributed by atoms with Crippen LogP contribution in [-0.2, 0) is 6.61 Å². The molecule has 3 heteroatoms. The zero-order valence-electron chi connectivity index (χ0n) is 9.61. The van der Waals surface area contributed by atoms with Gasteiger partial charge in [-0.05, 0) is 31.1 Å². The van der Waals surface area contributed by atoms with Crippen molar-refractivity contribution in [1.29, 1.82) is 0 Å². The number of nitrogens with zero attached hydrogens (tertiary/aromatic N) is 2. The van der Waals surface area contributed by atoms with Gasteiger partial charge in [0.1, 0.15) is 0 Å². The van der Waals surface area contributed by atoms with Gasteiger partial charge in [0.2, 0.25) is 0 Å². The molecular weight excluding hydrogens is 188 g/mol. The van der Waals surface area contributed by atoms with Crippen LogP contribution in [0.5, 0.6) is 0 Å². The lowest BCUT2D eigenvalue weighted by atomic mass is 9.75. The fraction of sp³-hybridized carbons (Fsp3) is 0.750. The summed E-state index contributed by atoms with van der Waals surface area (Å²) in [5.41, 5.74) is 1.44. The first-order valence-corrected chi connectivity index (χ1v) is 5.74. The molecule has 1 fully saturated rings. The van der Waals surface area contributed by atoms with E-state index in [0.717, 1.165) is 5.69 Å². The third kappa shape index (κ3) is 2.23. The van der Waals surface area contributed by atoms with Crippen molar-refractivity contribution in [3.8, 4) is 0 Å². The van der Waals surface area contributed by atoms with Gasteiger partial charge in [0.05, 0.1) is 24.8 Å². The molecular formula is C12H20N2O. The standard InChI is InChI=1S/C12H20N2O/c1-12(2)5-3-10(4-6-12)14-9-13-7-11(14)8-15/h7,9-10,15H,3-6,8H2,1-2H3. The normalized spacial score (nSPS) is 21.8. The van der Waals surface area contributed by atoms with Crippen LogP contribution in [0.3, 0.4) is 0 Å². The van der Waals surface area contributed by atoms with Crippen LogP contribution < -0.4 is 0 Å². The van der Waals surface area contributed by atoms with Gasteiger partial charge in [-0.2, -0.15) is 0 Å². The average molecular weight is 208 g/mol. The van der Waals surface area contributed by atoms with E-state index in [1.165, 1.54) is 25.7 Å². The second-order valence-corrected chi connectivity index (χ2v) is 5.35. The summed E-state index contributed by atoms with van der Waals surface area (Å²) in [4.78, 5) is 4.11. The zero-order chi connectivity index (χ0) is 10.9. The Balaban J connectivity index is 2.07. The first-order chi connectivity index (χ1) is 7.12. The molecule has 1 heterocycles. The third-order valence-electron chi connectivity index (χ3n) is 3.61. The van der Waals surface area contributed by atoms with E-state index in [-0.39, 0.29) is 6.61 Å². The van der Waals surface area contributed by atoms with Gasteiger partial charge in [-0.15, -0.1) is 0 Å². The fourth-order valence-electron chi connectivity index (χ4n) is 2.45. The third-order valence-corrected chi connectivity index (χ3v) is 3.61. The number of imidazole rings is 1. The average Bonchev–Trinajstić information content (AvgIpc) is 2.65. The molecule has 1 aromatic rings. The summed E-state index contributed by atoms with van der Waals surface area (Å²) in [6, 6.07) is 0.544. The zero-order valence-corrected chi connectivity index (χ0v) is 9.61. The fourth-order valence-corrected chi connectivity index (χ4v) is 2.45. The molecule has 0 saturated heterocycles. The molecule has 15 heavy (non-hydrogen) atoms. The Morgan fingerprint density at radius 3 is 2.73 bits per heavy atom. The van der Waals surface area contributed by atoms with Crippen molar-refractivity contribution in [2.45, 2.75) is 52.2 Å². The molecule has 0 unspecified atom stereocenters. The molecule has 0 aromatic carbocycles. The number of aliphatic hydroxyl groups is 1. The molecule has 1 N–H and O–H groups in total. The van der Waals surface area contributed by atoms with Crippen LogP contribution >= 0.6 is 0 Å². The Morgan fingerprint density at radius 2 is 2.13 bits per heavy atom. The van der Waals surface area contributed by atoms with Gasteiger partial charge in [-0.25, -0.2) is 4.98 Å². The van der Waals surface area contributed by atoms with Gasteiger partial charge in [0.15, 0.2) is 0 Å². The van der Waals surface area contributed by atoms with E-state index >= 15 is 0 Å². The summed E-state index contributed by atoms with van der Waals surface area (Å²) in [5, 5.41) is 9.18. The van der Waals surface area contributed by atoms with Gasteiger partial charge in [-0.3, -0.25) is 0 Å². The molecule has 0 amide bonds. The van der Waals surface area contributed by atoms with E-state index in [9.17, 15) is 5.11 Å². The predicted octanol–water partition coefficient (Wildman–Crippen LogP) is 2.52. The predicted molar refractivity (Wildman–Crippen MR) is 59.4 cm³/mol. The number of aliphatic hydroxyl groups excluding tert-OH is 1. The Kier molecular flexibility index (Phi) is 2.83. The van der Waals surface area contributed by atoms with Crippen LogP contribution in [0.2, 0.25) is 0 Å².